The molecule has 0 bridgehead atoms. The maximum Gasteiger partial charge on any atom is 0.306 e. The van der Waals surface area contributed by atoms with E-state index >= 15 is 0 Å². The second-order valence-electron chi connectivity index (χ2n) is 5.37. The number of carbonyl (C=O) groups excluding carboxylic acids is 1. The molecule has 1 heterocycles. The van der Waals surface area contributed by atoms with Gasteiger partial charge in [-0.3, -0.25) is 14.9 Å². The molecule has 0 saturated heterocycles. The van der Waals surface area contributed by atoms with Crippen molar-refractivity contribution in [1.29, 1.82) is 0 Å². The summed E-state index contributed by atoms with van der Waals surface area (Å²) >= 11 is 1.24. The smallest absolute Gasteiger partial charge is 0.306 e. The van der Waals surface area contributed by atoms with Crippen molar-refractivity contribution in [3.63, 3.8) is 0 Å². The maximum absolute atomic E-state index is 13.4. The third kappa shape index (κ3) is 3.77. The second kappa shape index (κ2) is 7.44. The van der Waals surface area contributed by atoms with Crippen LogP contribution in [0, 0.1) is 15.9 Å². The Morgan fingerprint density at radius 3 is 2.81 bits per heavy atom. The van der Waals surface area contributed by atoms with E-state index in [-0.39, 0.29) is 11.6 Å². The monoisotopic (exact) mass is 372 g/mol. The van der Waals surface area contributed by atoms with E-state index in [4.69, 9.17) is 0 Å². The number of nitro groups is 1. The summed E-state index contributed by atoms with van der Waals surface area (Å²) in [6.07, 6.45) is 1.43. The minimum absolute atomic E-state index is 0.156. The van der Waals surface area contributed by atoms with Crippen molar-refractivity contribution in [2.45, 2.75) is 17.2 Å². The van der Waals surface area contributed by atoms with Gasteiger partial charge < -0.3 is 5.32 Å². The van der Waals surface area contributed by atoms with Gasteiger partial charge in [0.05, 0.1) is 15.7 Å². The SMILES string of the molecule is C[C@@H](Sc1ncnc2ccccc12)C(=O)Nc1ccc(F)c([N+](=O)[O-])c1. The third-order valence-corrected chi connectivity index (χ3v) is 4.69. The minimum atomic E-state index is -0.956. The molecule has 2 aromatic carbocycles. The molecule has 1 amide bonds. The number of fused-ring (bicyclic) bond motifs is 1. The zero-order chi connectivity index (χ0) is 18.7. The molecule has 0 fully saturated rings. The van der Waals surface area contributed by atoms with Crippen molar-refractivity contribution in [2.75, 3.05) is 5.32 Å². The fourth-order valence-electron chi connectivity index (χ4n) is 2.27. The minimum Gasteiger partial charge on any atom is -0.325 e. The fourth-order valence-corrected chi connectivity index (χ4v) is 3.18. The average Bonchev–Trinajstić information content (AvgIpc) is 2.63. The van der Waals surface area contributed by atoms with E-state index in [1.807, 2.05) is 24.3 Å². The van der Waals surface area contributed by atoms with E-state index in [1.165, 1.54) is 24.2 Å². The molecule has 9 heteroatoms. The van der Waals surface area contributed by atoms with E-state index in [0.717, 1.165) is 23.0 Å². The van der Waals surface area contributed by atoms with Gasteiger partial charge in [0, 0.05) is 17.1 Å². The first kappa shape index (κ1) is 17.7. The van der Waals surface area contributed by atoms with Gasteiger partial charge in [0.25, 0.3) is 0 Å². The van der Waals surface area contributed by atoms with E-state index in [1.54, 1.807) is 6.92 Å². The molecule has 1 aromatic heterocycles. The van der Waals surface area contributed by atoms with Gasteiger partial charge in [-0.25, -0.2) is 9.97 Å². The van der Waals surface area contributed by atoms with Crippen LogP contribution in [0.4, 0.5) is 15.8 Å². The first-order valence-electron chi connectivity index (χ1n) is 7.57. The lowest BCUT2D eigenvalue weighted by Crippen LogP contribution is -2.22. The van der Waals surface area contributed by atoms with Crippen LogP contribution in [0.25, 0.3) is 10.9 Å². The normalized spacial score (nSPS) is 11.9. The highest BCUT2D eigenvalue weighted by Crippen LogP contribution is 2.29. The molecular weight excluding hydrogens is 359 g/mol. The van der Waals surface area contributed by atoms with E-state index in [2.05, 4.69) is 15.3 Å². The predicted octanol–water partition coefficient (Wildman–Crippen LogP) is 3.80. The van der Waals surface area contributed by atoms with Gasteiger partial charge in [-0.15, -0.1) is 0 Å². The number of amides is 1. The molecule has 132 valence electrons. The summed E-state index contributed by atoms with van der Waals surface area (Å²) in [6, 6.07) is 10.7. The number of nitro benzene ring substituents is 1. The zero-order valence-corrected chi connectivity index (χ0v) is 14.4. The highest BCUT2D eigenvalue weighted by molar-refractivity contribution is 8.00. The lowest BCUT2D eigenvalue weighted by atomic mass is 10.2. The number of nitrogens with zero attached hydrogens (tertiary/aromatic N) is 3. The van der Waals surface area contributed by atoms with Crippen LogP contribution in [0.15, 0.2) is 53.8 Å². The van der Waals surface area contributed by atoms with Gasteiger partial charge in [-0.1, -0.05) is 30.0 Å². The van der Waals surface area contributed by atoms with Crippen molar-refractivity contribution in [3.8, 4) is 0 Å². The number of benzene rings is 2. The number of thioether (sulfide) groups is 1. The first-order chi connectivity index (χ1) is 12.5. The number of hydrogen-bond acceptors (Lipinski definition) is 6. The van der Waals surface area contributed by atoms with Crippen LogP contribution >= 0.6 is 11.8 Å². The summed E-state index contributed by atoms with van der Waals surface area (Å²) < 4.78 is 13.4. The molecule has 7 nitrogen and oxygen atoms in total. The van der Waals surface area contributed by atoms with Crippen molar-refractivity contribution >= 4 is 39.9 Å². The molecular formula is C17H13FN4O3S. The van der Waals surface area contributed by atoms with Crippen LogP contribution in [0.1, 0.15) is 6.92 Å². The molecule has 0 aliphatic heterocycles. The Morgan fingerprint density at radius 1 is 1.27 bits per heavy atom. The van der Waals surface area contributed by atoms with Crippen molar-refractivity contribution in [1.82, 2.24) is 9.97 Å². The molecule has 1 N–H and O–H groups in total. The highest BCUT2D eigenvalue weighted by Gasteiger charge is 2.19. The molecule has 0 aliphatic rings. The summed E-state index contributed by atoms with van der Waals surface area (Å²) in [5.74, 6) is -1.33. The summed E-state index contributed by atoms with van der Waals surface area (Å²) in [6.45, 7) is 1.69. The van der Waals surface area contributed by atoms with E-state index in [0.29, 0.717) is 5.03 Å². The Balaban J connectivity index is 1.76. The lowest BCUT2D eigenvalue weighted by Gasteiger charge is -2.12. The molecule has 0 spiro atoms. The number of anilines is 1. The summed E-state index contributed by atoms with van der Waals surface area (Å²) in [4.78, 5) is 30.7. The Kier molecular flexibility index (Phi) is 5.08. The number of nitrogens with one attached hydrogen (secondary N) is 1. The Hall–Kier alpha value is -3.07. The number of para-hydroxylation sites is 1. The Morgan fingerprint density at radius 2 is 2.04 bits per heavy atom. The number of rotatable bonds is 5. The predicted molar refractivity (Wildman–Crippen MR) is 96.5 cm³/mol. The van der Waals surface area contributed by atoms with E-state index in [9.17, 15) is 19.3 Å². The molecule has 0 aliphatic carbocycles. The third-order valence-electron chi connectivity index (χ3n) is 3.57. The maximum atomic E-state index is 13.4. The van der Waals surface area contributed by atoms with Crippen LogP contribution in [0.2, 0.25) is 0 Å². The lowest BCUT2D eigenvalue weighted by molar-refractivity contribution is -0.387. The fraction of sp³-hybridized carbons (Fsp3) is 0.118. The van der Waals surface area contributed by atoms with Crippen LogP contribution in [-0.2, 0) is 4.79 Å². The first-order valence-corrected chi connectivity index (χ1v) is 8.45. The van der Waals surface area contributed by atoms with Gasteiger partial charge in [0.15, 0.2) is 0 Å². The largest absolute Gasteiger partial charge is 0.325 e. The van der Waals surface area contributed by atoms with Gasteiger partial charge in [0.2, 0.25) is 11.7 Å². The van der Waals surface area contributed by atoms with Crippen molar-refractivity contribution in [2.24, 2.45) is 0 Å². The average molecular weight is 372 g/mol. The summed E-state index contributed by atoms with van der Waals surface area (Å²) in [5.41, 5.74) is 0.236. The number of halogens is 1. The van der Waals surface area contributed by atoms with Gasteiger partial charge in [-0.05, 0) is 25.1 Å². The summed E-state index contributed by atoms with van der Waals surface area (Å²) in [5, 5.41) is 14.3. The van der Waals surface area contributed by atoms with Gasteiger partial charge in [0.1, 0.15) is 11.4 Å². The van der Waals surface area contributed by atoms with Gasteiger partial charge in [-0.2, -0.15) is 4.39 Å². The van der Waals surface area contributed by atoms with Gasteiger partial charge >= 0.3 is 5.69 Å². The second-order valence-corrected chi connectivity index (χ2v) is 6.70. The molecule has 0 saturated carbocycles. The van der Waals surface area contributed by atoms with Crippen LogP contribution < -0.4 is 5.32 Å². The molecule has 26 heavy (non-hydrogen) atoms. The Labute approximate surface area is 151 Å². The number of hydrogen-bond donors (Lipinski definition) is 1. The molecule has 0 unspecified atom stereocenters. The van der Waals surface area contributed by atoms with Crippen LogP contribution in [-0.4, -0.2) is 26.0 Å². The molecule has 1 atom stereocenters. The van der Waals surface area contributed by atoms with Crippen molar-refractivity contribution in [3.05, 3.63) is 64.7 Å². The summed E-state index contributed by atoms with van der Waals surface area (Å²) in [7, 11) is 0. The molecule has 0 radical (unpaired) electrons. The Bertz CT molecular complexity index is 993. The number of aromatic nitrogens is 2. The molecule has 3 rings (SSSR count). The molecule has 3 aromatic rings. The van der Waals surface area contributed by atoms with Crippen LogP contribution in [0.5, 0.6) is 0 Å². The van der Waals surface area contributed by atoms with E-state index < -0.39 is 21.7 Å². The highest BCUT2D eigenvalue weighted by atomic mass is 32.2. The number of carbonyl (C=O) groups is 1. The zero-order valence-electron chi connectivity index (χ0n) is 13.5. The van der Waals surface area contributed by atoms with Crippen molar-refractivity contribution < 1.29 is 14.1 Å². The standard InChI is InChI=1S/C17H13FN4O3S/c1-10(26-17-12-4-2-3-5-14(12)19-9-20-17)16(23)21-11-6-7-13(18)15(8-11)22(24)25/h2-10H,1H3,(H,21,23)/t10-/m1/s1. The van der Waals surface area contributed by atoms with Crippen LogP contribution in [0.3, 0.4) is 0 Å². The topological polar surface area (TPSA) is 98.0 Å². The quantitative estimate of drug-likeness (QED) is 0.317.